The molecule has 2 N–H and O–H groups in total. The maximum atomic E-state index is 3.29. The van der Waals surface area contributed by atoms with Crippen LogP contribution in [-0.4, -0.2) is 0 Å². The first kappa shape index (κ1) is 16.7. The van der Waals surface area contributed by atoms with Gasteiger partial charge in [0.2, 0.25) is 0 Å². The van der Waals surface area contributed by atoms with Gasteiger partial charge in [-0.25, -0.2) is 0 Å². The summed E-state index contributed by atoms with van der Waals surface area (Å²) in [6, 6.07) is 17.7. The summed E-state index contributed by atoms with van der Waals surface area (Å²) in [5.74, 6) is 0.593. The average Bonchev–Trinajstić information content (AvgIpc) is 2.54. The van der Waals surface area contributed by atoms with Gasteiger partial charge in [0.15, 0.2) is 0 Å². The van der Waals surface area contributed by atoms with E-state index in [1.165, 1.54) is 35.1 Å². The molecule has 0 aromatic heterocycles. The SMILES string of the molecule is CCCc1ccc(CNNCc2ccc(C(C)C)cc2)cc1. The van der Waals surface area contributed by atoms with E-state index in [1.54, 1.807) is 0 Å². The lowest BCUT2D eigenvalue weighted by atomic mass is 10.0. The molecule has 2 heteroatoms. The molecule has 0 aliphatic heterocycles. The van der Waals surface area contributed by atoms with E-state index in [4.69, 9.17) is 0 Å². The van der Waals surface area contributed by atoms with Gasteiger partial charge in [-0.1, -0.05) is 75.7 Å². The summed E-state index contributed by atoms with van der Waals surface area (Å²) >= 11 is 0. The topological polar surface area (TPSA) is 24.1 Å². The molecule has 0 bridgehead atoms. The van der Waals surface area contributed by atoms with E-state index in [-0.39, 0.29) is 0 Å². The van der Waals surface area contributed by atoms with Gasteiger partial charge < -0.3 is 0 Å². The first-order valence-corrected chi connectivity index (χ1v) is 8.31. The summed E-state index contributed by atoms with van der Waals surface area (Å²) in [6.07, 6.45) is 2.37. The van der Waals surface area contributed by atoms with Gasteiger partial charge in [0.05, 0.1) is 0 Å². The van der Waals surface area contributed by atoms with Gasteiger partial charge in [-0.15, -0.1) is 0 Å². The van der Waals surface area contributed by atoms with E-state index in [2.05, 4.69) is 80.2 Å². The Kier molecular flexibility index (Phi) is 6.63. The van der Waals surface area contributed by atoms with Crippen molar-refractivity contribution in [2.24, 2.45) is 0 Å². The Hall–Kier alpha value is -1.64. The molecule has 0 spiro atoms. The summed E-state index contributed by atoms with van der Waals surface area (Å²) in [6.45, 7) is 8.34. The third-order valence-electron chi connectivity index (χ3n) is 3.92. The molecule has 0 unspecified atom stereocenters. The van der Waals surface area contributed by atoms with Crippen molar-refractivity contribution in [1.29, 1.82) is 0 Å². The first-order chi connectivity index (χ1) is 10.7. The molecule has 118 valence electrons. The summed E-state index contributed by atoms with van der Waals surface area (Å²) in [5, 5.41) is 0. The molecule has 0 saturated heterocycles. The van der Waals surface area contributed by atoms with Gasteiger partial charge in [-0.2, -0.15) is 0 Å². The fraction of sp³-hybridized carbons (Fsp3) is 0.400. The van der Waals surface area contributed by atoms with Crippen LogP contribution >= 0.6 is 0 Å². The van der Waals surface area contributed by atoms with Crippen molar-refractivity contribution in [2.75, 3.05) is 0 Å². The van der Waals surface area contributed by atoms with Crippen molar-refractivity contribution in [1.82, 2.24) is 10.9 Å². The highest BCUT2D eigenvalue weighted by molar-refractivity contribution is 5.25. The molecule has 0 heterocycles. The molecule has 0 atom stereocenters. The number of hydrogen-bond acceptors (Lipinski definition) is 2. The molecular formula is C20H28N2. The molecule has 0 amide bonds. The van der Waals surface area contributed by atoms with E-state index >= 15 is 0 Å². The fourth-order valence-electron chi connectivity index (χ4n) is 2.46. The minimum absolute atomic E-state index is 0.593. The highest BCUT2D eigenvalue weighted by atomic mass is 15.3. The average molecular weight is 296 g/mol. The predicted octanol–water partition coefficient (Wildman–Crippen LogP) is 4.56. The molecule has 0 aliphatic carbocycles. The molecule has 2 aromatic rings. The summed E-state index contributed by atoms with van der Waals surface area (Å²) in [5.41, 5.74) is 12.0. The van der Waals surface area contributed by atoms with Gasteiger partial charge in [0.1, 0.15) is 0 Å². The maximum Gasteiger partial charge on any atom is 0.0351 e. The third-order valence-corrected chi connectivity index (χ3v) is 3.92. The van der Waals surface area contributed by atoms with E-state index < -0.39 is 0 Å². The van der Waals surface area contributed by atoms with E-state index in [9.17, 15) is 0 Å². The zero-order valence-corrected chi connectivity index (χ0v) is 14.0. The van der Waals surface area contributed by atoms with Crippen LogP contribution in [0.15, 0.2) is 48.5 Å². The number of benzene rings is 2. The highest BCUT2D eigenvalue weighted by Gasteiger charge is 1.99. The van der Waals surface area contributed by atoms with Gasteiger partial charge in [-0.05, 0) is 34.6 Å². The van der Waals surface area contributed by atoms with Crippen LogP contribution in [0.3, 0.4) is 0 Å². The number of hydrazine groups is 1. The van der Waals surface area contributed by atoms with Crippen LogP contribution in [0.25, 0.3) is 0 Å². The fourth-order valence-corrected chi connectivity index (χ4v) is 2.46. The van der Waals surface area contributed by atoms with Crippen molar-refractivity contribution in [2.45, 2.75) is 52.6 Å². The van der Waals surface area contributed by atoms with Crippen molar-refractivity contribution in [3.8, 4) is 0 Å². The molecule has 2 nitrogen and oxygen atoms in total. The predicted molar refractivity (Wildman–Crippen MR) is 94.6 cm³/mol. The van der Waals surface area contributed by atoms with Gasteiger partial charge in [0, 0.05) is 13.1 Å². The Morgan fingerprint density at radius 1 is 0.727 bits per heavy atom. The first-order valence-electron chi connectivity index (χ1n) is 8.31. The molecule has 22 heavy (non-hydrogen) atoms. The van der Waals surface area contributed by atoms with Gasteiger partial charge >= 0.3 is 0 Å². The van der Waals surface area contributed by atoms with Crippen molar-refractivity contribution in [3.63, 3.8) is 0 Å². The zero-order valence-electron chi connectivity index (χ0n) is 14.0. The van der Waals surface area contributed by atoms with E-state index in [1.807, 2.05) is 0 Å². The highest BCUT2D eigenvalue weighted by Crippen LogP contribution is 2.14. The summed E-state index contributed by atoms with van der Waals surface area (Å²) < 4.78 is 0. The third kappa shape index (κ3) is 5.28. The molecular weight excluding hydrogens is 268 g/mol. The van der Waals surface area contributed by atoms with Crippen LogP contribution in [0.4, 0.5) is 0 Å². The van der Waals surface area contributed by atoms with Crippen LogP contribution in [0.1, 0.15) is 55.4 Å². The van der Waals surface area contributed by atoms with Gasteiger partial charge in [-0.3, -0.25) is 10.9 Å². The second kappa shape index (κ2) is 8.72. The molecule has 0 fully saturated rings. The number of rotatable bonds is 8. The Bertz CT molecular complexity index is 541. The number of hydrogen-bond donors (Lipinski definition) is 2. The standard InChI is InChI=1S/C20H28N2/c1-4-5-17-6-8-18(9-7-17)14-21-22-15-19-10-12-20(13-11-19)16(2)3/h6-13,16,21-22H,4-5,14-15H2,1-3H3. The van der Waals surface area contributed by atoms with Crippen molar-refractivity contribution >= 4 is 0 Å². The summed E-state index contributed by atoms with van der Waals surface area (Å²) in [4.78, 5) is 0. The normalized spacial score (nSPS) is 11.1. The number of aryl methyl sites for hydroxylation is 1. The van der Waals surface area contributed by atoms with Crippen LogP contribution in [0.5, 0.6) is 0 Å². The molecule has 2 rings (SSSR count). The molecule has 0 saturated carbocycles. The van der Waals surface area contributed by atoms with Crippen LogP contribution < -0.4 is 10.9 Å². The minimum atomic E-state index is 0.593. The Morgan fingerprint density at radius 3 is 1.64 bits per heavy atom. The second-order valence-corrected chi connectivity index (χ2v) is 6.17. The molecule has 0 radical (unpaired) electrons. The van der Waals surface area contributed by atoms with Crippen molar-refractivity contribution in [3.05, 3.63) is 70.8 Å². The van der Waals surface area contributed by atoms with Crippen molar-refractivity contribution < 1.29 is 0 Å². The molecule has 0 aliphatic rings. The molecule has 2 aromatic carbocycles. The quantitative estimate of drug-likeness (QED) is 0.551. The maximum absolute atomic E-state index is 3.29. The Labute approximate surface area is 134 Å². The smallest absolute Gasteiger partial charge is 0.0351 e. The van der Waals surface area contributed by atoms with Crippen LogP contribution in [0, 0.1) is 0 Å². The van der Waals surface area contributed by atoms with Crippen LogP contribution in [-0.2, 0) is 19.5 Å². The monoisotopic (exact) mass is 296 g/mol. The number of nitrogens with one attached hydrogen (secondary N) is 2. The summed E-state index contributed by atoms with van der Waals surface area (Å²) in [7, 11) is 0. The Morgan fingerprint density at radius 2 is 1.18 bits per heavy atom. The van der Waals surface area contributed by atoms with E-state index in [0.717, 1.165) is 13.1 Å². The lowest BCUT2D eigenvalue weighted by Gasteiger charge is -2.10. The minimum Gasteiger partial charge on any atom is -0.253 e. The zero-order chi connectivity index (χ0) is 15.8. The second-order valence-electron chi connectivity index (χ2n) is 6.17. The van der Waals surface area contributed by atoms with E-state index in [0.29, 0.717) is 5.92 Å². The van der Waals surface area contributed by atoms with Gasteiger partial charge in [0.25, 0.3) is 0 Å². The largest absolute Gasteiger partial charge is 0.253 e. The lowest BCUT2D eigenvalue weighted by molar-refractivity contribution is 0.529. The van der Waals surface area contributed by atoms with Crippen LogP contribution in [0.2, 0.25) is 0 Å². The Balaban J connectivity index is 1.72. The lowest BCUT2D eigenvalue weighted by Crippen LogP contribution is -2.30.